The number of H-pyrrole nitrogens is 1. The maximum Gasteiger partial charge on any atom is 0.326 e. The third-order valence-corrected chi connectivity index (χ3v) is 6.82. The van der Waals surface area contributed by atoms with Crippen molar-refractivity contribution < 1.29 is 24.3 Å². The average Bonchev–Trinajstić information content (AvgIpc) is 3.50. The predicted octanol–water partition coefficient (Wildman–Crippen LogP) is 0.124. The first-order chi connectivity index (χ1) is 16.2. The molecule has 12 heteroatoms. The molecule has 1 saturated heterocycles. The highest BCUT2D eigenvalue weighted by molar-refractivity contribution is 7.98. The van der Waals surface area contributed by atoms with Crippen molar-refractivity contribution in [3.8, 4) is 0 Å². The maximum absolute atomic E-state index is 13.4. The molecule has 190 valence electrons. The van der Waals surface area contributed by atoms with Crippen molar-refractivity contribution in [2.45, 2.75) is 70.1 Å². The molecule has 0 aliphatic carbocycles. The molecule has 1 fully saturated rings. The van der Waals surface area contributed by atoms with Crippen LogP contribution in [0.1, 0.15) is 45.2 Å². The smallest absolute Gasteiger partial charge is 0.326 e. The molecule has 1 aromatic rings. The zero-order chi connectivity index (χ0) is 25.3. The van der Waals surface area contributed by atoms with E-state index in [9.17, 15) is 24.3 Å². The van der Waals surface area contributed by atoms with Crippen molar-refractivity contribution in [1.29, 1.82) is 0 Å². The molecule has 5 unspecified atom stereocenters. The number of aromatic nitrogens is 2. The van der Waals surface area contributed by atoms with Crippen molar-refractivity contribution in [1.82, 2.24) is 25.5 Å². The number of imidazole rings is 1. The lowest BCUT2D eigenvalue weighted by Crippen LogP contribution is -2.57. The molecule has 2 heterocycles. The first-order valence-electron chi connectivity index (χ1n) is 11.5. The van der Waals surface area contributed by atoms with Gasteiger partial charge in [0.2, 0.25) is 17.7 Å². The van der Waals surface area contributed by atoms with E-state index >= 15 is 0 Å². The van der Waals surface area contributed by atoms with Gasteiger partial charge in [-0.2, -0.15) is 11.8 Å². The Labute approximate surface area is 204 Å². The number of aromatic amines is 1. The lowest BCUT2D eigenvalue weighted by molar-refractivity contribution is -0.146. The van der Waals surface area contributed by atoms with Crippen LogP contribution >= 0.6 is 11.8 Å². The highest BCUT2D eigenvalue weighted by Gasteiger charge is 2.39. The van der Waals surface area contributed by atoms with E-state index in [-0.39, 0.29) is 18.2 Å². The van der Waals surface area contributed by atoms with Crippen molar-refractivity contribution >= 4 is 35.5 Å². The van der Waals surface area contributed by atoms with Crippen LogP contribution in [-0.4, -0.2) is 86.4 Å². The van der Waals surface area contributed by atoms with Gasteiger partial charge in [-0.05, 0) is 37.2 Å². The van der Waals surface area contributed by atoms with E-state index in [4.69, 9.17) is 5.73 Å². The number of carbonyl (C=O) groups is 4. The van der Waals surface area contributed by atoms with E-state index < -0.39 is 42.0 Å². The monoisotopic (exact) mass is 496 g/mol. The van der Waals surface area contributed by atoms with Gasteiger partial charge in [-0.1, -0.05) is 20.3 Å². The third kappa shape index (κ3) is 7.45. The van der Waals surface area contributed by atoms with Crippen LogP contribution < -0.4 is 16.4 Å². The molecule has 6 N–H and O–H groups in total. The first kappa shape index (κ1) is 27.6. The largest absolute Gasteiger partial charge is 0.480 e. The summed E-state index contributed by atoms with van der Waals surface area (Å²) in [5, 5.41) is 14.9. The first-order valence-corrected chi connectivity index (χ1v) is 12.9. The van der Waals surface area contributed by atoms with Gasteiger partial charge in [0.15, 0.2) is 0 Å². The molecule has 0 saturated carbocycles. The van der Waals surface area contributed by atoms with Crippen LogP contribution in [-0.2, 0) is 25.6 Å². The van der Waals surface area contributed by atoms with Crippen molar-refractivity contribution in [2.75, 3.05) is 18.6 Å². The normalized spacial score (nSPS) is 19.2. The minimum Gasteiger partial charge on any atom is -0.480 e. The second-order valence-corrected chi connectivity index (χ2v) is 9.62. The van der Waals surface area contributed by atoms with Gasteiger partial charge >= 0.3 is 5.97 Å². The van der Waals surface area contributed by atoms with E-state index in [0.717, 1.165) is 0 Å². The third-order valence-electron chi connectivity index (χ3n) is 6.17. The Morgan fingerprint density at radius 3 is 2.68 bits per heavy atom. The quantitative estimate of drug-likeness (QED) is 0.256. The van der Waals surface area contributed by atoms with Gasteiger partial charge in [0.25, 0.3) is 0 Å². The van der Waals surface area contributed by atoms with Crippen LogP contribution in [0, 0.1) is 5.92 Å². The number of likely N-dealkylation sites (tertiary alicyclic amines) is 1. The summed E-state index contributed by atoms with van der Waals surface area (Å²) in [5.74, 6) is -2.02. The summed E-state index contributed by atoms with van der Waals surface area (Å²) >= 11 is 1.54. The Hall–Kier alpha value is -2.60. The van der Waals surface area contributed by atoms with Gasteiger partial charge in [0.1, 0.15) is 18.1 Å². The number of aliphatic carboxylic acids is 1. The van der Waals surface area contributed by atoms with Gasteiger partial charge in [0, 0.05) is 24.9 Å². The molecule has 34 heavy (non-hydrogen) atoms. The zero-order valence-corrected chi connectivity index (χ0v) is 20.8. The fraction of sp³-hybridized carbons (Fsp3) is 0.682. The summed E-state index contributed by atoms with van der Waals surface area (Å²) < 4.78 is 0. The van der Waals surface area contributed by atoms with Crippen LogP contribution in [0.5, 0.6) is 0 Å². The van der Waals surface area contributed by atoms with Crippen molar-refractivity contribution in [2.24, 2.45) is 11.7 Å². The highest BCUT2D eigenvalue weighted by atomic mass is 32.2. The van der Waals surface area contributed by atoms with Gasteiger partial charge < -0.3 is 31.4 Å². The lowest BCUT2D eigenvalue weighted by atomic mass is 9.98. The molecule has 0 bridgehead atoms. The van der Waals surface area contributed by atoms with E-state index in [2.05, 4.69) is 20.6 Å². The highest BCUT2D eigenvalue weighted by Crippen LogP contribution is 2.21. The molecule has 1 aromatic heterocycles. The van der Waals surface area contributed by atoms with Gasteiger partial charge in [-0.3, -0.25) is 14.4 Å². The molecule has 1 aliphatic rings. The number of hydrogen-bond acceptors (Lipinski definition) is 7. The second kappa shape index (κ2) is 13.3. The molecular weight excluding hydrogens is 460 g/mol. The summed E-state index contributed by atoms with van der Waals surface area (Å²) in [6, 6.07) is -3.49. The van der Waals surface area contributed by atoms with Crippen LogP contribution in [0.3, 0.4) is 0 Å². The number of nitrogens with zero attached hydrogens (tertiary/aromatic N) is 2. The van der Waals surface area contributed by atoms with Crippen LogP contribution in [0.15, 0.2) is 12.5 Å². The average molecular weight is 497 g/mol. The minimum atomic E-state index is -1.10. The number of rotatable bonds is 13. The number of nitrogens with one attached hydrogen (secondary N) is 3. The molecule has 0 spiro atoms. The topological polar surface area (TPSA) is 171 Å². The number of thioether (sulfide) groups is 1. The molecule has 0 radical (unpaired) electrons. The Kier molecular flexibility index (Phi) is 10.8. The molecule has 11 nitrogen and oxygen atoms in total. The molecule has 5 atom stereocenters. The number of hydrogen-bond donors (Lipinski definition) is 5. The Bertz CT molecular complexity index is 836. The molecule has 1 aliphatic heterocycles. The summed E-state index contributed by atoms with van der Waals surface area (Å²) in [5.41, 5.74) is 6.74. The van der Waals surface area contributed by atoms with Gasteiger partial charge in [0.05, 0.1) is 12.4 Å². The summed E-state index contributed by atoms with van der Waals surface area (Å²) in [6.07, 6.45) is 7.27. The predicted molar refractivity (Wildman–Crippen MR) is 129 cm³/mol. The standard InChI is InChI=1S/C22H36N6O5S/c1-4-13(2)18(22(32)33)27-20(30)17-6-5-8-28(17)21(31)16(7-9-34-3)26-19(29)15(23)10-14-11-24-12-25-14/h11-13,15-18H,4-10,23H2,1-3H3,(H,24,25)(H,26,29)(H,27,30)(H,32,33). The van der Waals surface area contributed by atoms with Crippen molar-refractivity contribution in [3.63, 3.8) is 0 Å². The fourth-order valence-electron chi connectivity index (χ4n) is 3.93. The zero-order valence-electron chi connectivity index (χ0n) is 20.0. The number of nitrogens with two attached hydrogens (primary N) is 1. The van der Waals surface area contributed by atoms with Crippen molar-refractivity contribution in [3.05, 3.63) is 18.2 Å². The number of amides is 3. The summed E-state index contributed by atoms with van der Waals surface area (Å²) in [4.78, 5) is 59.0. The summed E-state index contributed by atoms with van der Waals surface area (Å²) in [7, 11) is 0. The Balaban J connectivity index is 2.09. The molecular formula is C22H36N6O5S. The SMILES string of the molecule is CCC(C)C(NC(=O)C1CCCN1C(=O)C(CCSC)NC(=O)C(N)Cc1cnc[nH]1)C(=O)O. The van der Waals surface area contributed by atoms with Crippen LogP contribution in [0.4, 0.5) is 0 Å². The minimum absolute atomic E-state index is 0.246. The molecule has 2 rings (SSSR count). The molecule has 0 aromatic carbocycles. The van der Waals surface area contributed by atoms with Gasteiger partial charge in [-0.25, -0.2) is 9.78 Å². The Morgan fingerprint density at radius 1 is 1.35 bits per heavy atom. The maximum atomic E-state index is 13.4. The van der Waals surface area contributed by atoms with E-state index in [1.165, 1.54) is 11.2 Å². The second-order valence-electron chi connectivity index (χ2n) is 8.63. The Morgan fingerprint density at radius 2 is 2.09 bits per heavy atom. The fourth-order valence-corrected chi connectivity index (χ4v) is 4.40. The number of carbonyl (C=O) groups excluding carboxylic acids is 3. The van der Waals surface area contributed by atoms with E-state index in [1.807, 2.05) is 13.2 Å². The summed E-state index contributed by atoms with van der Waals surface area (Å²) in [6.45, 7) is 3.98. The molecule has 3 amide bonds. The number of carboxylic acid groups (broad SMARTS) is 1. The van der Waals surface area contributed by atoms with Gasteiger partial charge in [-0.15, -0.1) is 0 Å². The van der Waals surface area contributed by atoms with E-state index in [0.29, 0.717) is 43.7 Å². The lowest BCUT2D eigenvalue weighted by Gasteiger charge is -2.30. The number of carboxylic acids is 1. The van der Waals surface area contributed by atoms with E-state index in [1.54, 1.807) is 24.9 Å². The van der Waals surface area contributed by atoms with Crippen LogP contribution in [0.25, 0.3) is 0 Å². The van der Waals surface area contributed by atoms with Crippen LogP contribution in [0.2, 0.25) is 0 Å².